The number of benzene rings is 3. The van der Waals surface area contributed by atoms with Crippen LogP contribution < -0.4 is 24.4 Å². The normalized spacial score (nSPS) is 14.1. The number of aryl methyl sites for hydroxylation is 2. The Bertz CT molecular complexity index is 1430. The molecule has 0 aliphatic carbocycles. The molecule has 2 amide bonds. The fourth-order valence-corrected chi connectivity index (χ4v) is 5.99. The van der Waals surface area contributed by atoms with E-state index in [2.05, 4.69) is 21.2 Å². The Balaban J connectivity index is 1.48. The third-order valence-electron chi connectivity index (χ3n) is 5.81. The highest BCUT2D eigenvalue weighted by Gasteiger charge is 2.33. The number of carbonyl (C=O) groups is 2. The molecule has 1 heterocycles. The number of thiocarbonyl (C=S) groups is 1. The molecule has 1 aliphatic heterocycles. The molecular formula is C29H27BrN2O5S2. The summed E-state index contributed by atoms with van der Waals surface area (Å²) in [5, 5.41) is 2.92. The monoisotopic (exact) mass is 626 g/mol. The highest BCUT2D eigenvalue weighted by atomic mass is 79.9. The number of methoxy groups -OCH3 is 1. The highest BCUT2D eigenvalue weighted by molar-refractivity contribution is 9.10. The summed E-state index contributed by atoms with van der Waals surface area (Å²) >= 11 is 10.2. The van der Waals surface area contributed by atoms with Gasteiger partial charge in [0, 0.05) is 10.2 Å². The quantitative estimate of drug-likeness (QED) is 0.204. The summed E-state index contributed by atoms with van der Waals surface area (Å²) < 4.78 is 18.2. The molecule has 0 spiro atoms. The molecule has 1 fully saturated rings. The van der Waals surface area contributed by atoms with E-state index < -0.39 is 0 Å². The van der Waals surface area contributed by atoms with Crippen molar-refractivity contribution in [2.24, 2.45) is 0 Å². The van der Waals surface area contributed by atoms with Crippen molar-refractivity contribution in [2.45, 2.75) is 20.8 Å². The predicted octanol–water partition coefficient (Wildman–Crippen LogP) is 6.90. The summed E-state index contributed by atoms with van der Waals surface area (Å²) in [6.07, 6.45) is 1.76. The molecule has 0 bridgehead atoms. The molecule has 10 heteroatoms. The van der Waals surface area contributed by atoms with E-state index in [0.29, 0.717) is 38.8 Å². The Morgan fingerprint density at radius 3 is 2.38 bits per heavy atom. The molecule has 0 atom stereocenters. The third kappa shape index (κ3) is 6.81. The number of amides is 2. The first-order valence-electron chi connectivity index (χ1n) is 12.1. The second-order valence-electron chi connectivity index (χ2n) is 8.61. The second kappa shape index (κ2) is 12.7. The molecule has 0 radical (unpaired) electrons. The fourth-order valence-electron chi connectivity index (χ4n) is 4.00. The van der Waals surface area contributed by atoms with Crippen molar-refractivity contribution in [1.82, 2.24) is 0 Å². The van der Waals surface area contributed by atoms with Gasteiger partial charge in [-0.05, 0) is 92.1 Å². The van der Waals surface area contributed by atoms with Gasteiger partial charge < -0.3 is 19.5 Å². The van der Waals surface area contributed by atoms with Crippen LogP contribution in [0.3, 0.4) is 0 Å². The number of hydrogen-bond donors (Lipinski definition) is 1. The molecule has 39 heavy (non-hydrogen) atoms. The van der Waals surface area contributed by atoms with E-state index in [0.717, 1.165) is 26.9 Å². The molecule has 0 aromatic heterocycles. The number of anilines is 2. The van der Waals surface area contributed by atoms with E-state index in [4.69, 9.17) is 26.4 Å². The zero-order valence-corrected chi connectivity index (χ0v) is 25.1. The van der Waals surface area contributed by atoms with Gasteiger partial charge in [-0.15, -0.1) is 0 Å². The lowest BCUT2D eigenvalue weighted by Gasteiger charge is -2.15. The first-order valence-corrected chi connectivity index (χ1v) is 14.1. The molecule has 1 aliphatic rings. The number of nitrogens with zero attached hydrogens (tertiary/aromatic N) is 1. The Morgan fingerprint density at radius 1 is 1.05 bits per heavy atom. The molecule has 0 saturated carbocycles. The van der Waals surface area contributed by atoms with Gasteiger partial charge in [-0.3, -0.25) is 14.5 Å². The van der Waals surface area contributed by atoms with Crippen LogP contribution in [0.15, 0.2) is 64.0 Å². The molecule has 3 aromatic rings. The largest absolute Gasteiger partial charge is 0.497 e. The summed E-state index contributed by atoms with van der Waals surface area (Å²) in [6, 6.07) is 16.4. The van der Waals surface area contributed by atoms with Gasteiger partial charge in [0.15, 0.2) is 22.4 Å². The maximum absolute atomic E-state index is 13.2. The molecule has 1 N–H and O–H groups in total. The Hall–Kier alpha value is -3.34. The van der Waals surface area contributed by atoms with E-state index in [-0.39, 0.29) is 18.4 Å². The number of halogens is 1. The summed E-state index contributed by atoms with van der Waals surface area (Å²) in [6.45, 7) is 5.95. The Labute approximate surface area is 245 Å². The maximum atomic E-state index is 13.2. The Morgan fingerprint density at radius 2 is 1.74 bits per heavy atom. The van der Waals surface area contributed by atoms with Crippen LogP contribution in [0.4, 0.5) is 11.4 Å². The van der Waals surface area contributed by atoms with Gasteiger partial charge >= 0.3 is 0 Å². The Kier molecular flexibility index (Phi) is 9.32. The minimum absolute atomic E-state index is 0.186. The smallest absolute Gasteiger partial charge is 0.270 e. The van der Waals surface area contributed by atoms with Crippen LogP contribution in [0.2, 0.25) is 0 Å². The van der Waals surface area contributed by atoms with Crippen LogP contribution in [-0.2, 0) is 9.59 Å². The standard InChI is InChI=1S/C29H27BrN2O5S2/c1-5-36-24-14-19(15-25-28(34)32(29(38)39-25)21-7-9-22(35-4)10-8-21)6-11-23(24)37-16-26(33)31-27-17(2)12-20(30)13-18(27)3/h6-15H,5,16H2,1-4H3,(H,31,33)/b25-15-. The lowest BCUT2D eigenvalue weighted by Crippen LogP contribution is -2.27. The summed E-state index contributed by atoms with van der Waals surface area (Å²) in [4.78, 5) is 27.8. The molecule has 7 nitrogen and oxygen atoms in total. The van der Waals surface area contributed by atoms with E-state index >= 15 is 0 Å². The van der Waals surface area contributed by atoms with Gasteiger partial charge in [-0.2, -0.15) is 0 Å². The van der Waals surface area contributed by atoms with Crippen LogP contribution >= 0.6 is 39.9 Å². The van der Waals surface area contributed by atoms with Crippen LogP contribution in [0.25, 0.3) is 6.08 Å². The summed E-state index contributed by atoms with van der Waals surface area (Å²) in [5.74, 6) is 1.11. The van der Waals surface area contributed by atoms with Crippen molar-refractivity contribution >= 4 is 73.5 Å². The first kappa shape index (κ1) is 28.7. The number of rotatable bonds is 9. The topological polar surface area (TPSA) is 77.1 Å². The van der Waals surface area contributed by atoms with Gasteiger partial charge in [0.1, 0.15) is 5.75 Å². The number of carbonyl (C=O) groups excluding carboxylic acids is 2. The SMILES string of the molecule is CCOc1cc(/C=C2\SC(=S)N(c3ccc(OC)cc3)C2=O)ccc1OCC(=O)Nc1c(C)cc(Br)cc1C. The third-order valence-corrected chi connectivity index (χ3v) is 7.57. The minimum atomic E-state index is -0.280. The molecular weight excluding hydrogens is 600 g/mol. The number of ether oxygens (including phenoxy) is 3. The second-order valence-corrected chi connectivity index (χ2v) is 11.2. The van der Waals surface area contributed by atoms with Gasteiger partial charge in [-0.25, -0.2) is 0 Å². The predicted molar refractivity (Wildman–Crippen MR) is 164 cm³/mol. The van der Waals surface area contributed by atoms with Crippen LogP contribution in [0, 0.1) is 13.8 Å². The number of hydrogen-bond acceptors (Lipinski definition) is 7. The van der Waals surface area contributed by atoms with Crippen molar-refractivity contribution in [2.75, 3.05) is 30.5 Å². The lowest BCUT2D eigenvalue weighted by molar-refractivity contribution is -0.118. The molecule has 0 unspecified atom stereocenters. The zero-order chi connectivity index (χ0) is 28.1. The van der Waals surface area contributed by atoms with Gasteiger partial charge in [0.05, 0.1) is 24.3 Å². The van der Waals surface area contributed by atoms with Crippen LogP contribution in [0.5, 0.6) is 17.2 Å². The van der Waals surface area contributed by atoms with E-state index in [1.165, 1.54) is 16.7 Å². The van der Waals surface area contributed by atoms with Crippen LogP contribution in [0.1, 0.15) is 23.6 Å². The molecule has 3 aromatic carbocycles. The van der Waals surface area contributed by atoms with E-state index in [1.807, 2.05) is 32.9 Å². The van der Waals surface area contributed by atoms with Crippen molar-refractivity contribution in [1.29, 1.82) is 0 Å². The van der Waals surface area contributed by atoms with Crippen molar-refractivity contribution < 1.29 is 23.8 Å². The van der Waals surface area contributed by atoms with Gasteiger partial charge in [0.25, 0.3) is 11.8 Å². The highest BCUT2D eigenvalue weighted by Crippen LogP contribution is 2.38. The van der Waals surface area contributed by atoms with Gasteiger partial charge in [0.2, 0.25) is 0 Å². The van der Waals surface area contributed by atoms with Crippen LogP contribution in [-0.4, -0.2) is 36.5 Å². The summed E-state index contributed by atoms with van der Waals surface area (Å²) in [7, 11) is 1.59. The average Bonchev–Trinajstić information content (AvgIpc) is 3.18. The average molecular weight is 628 g/mol. The fraction of sp³-hybridized carbons (Fsp3) is 0.207. The van der Waals surface area contributed by atoms with Gasteiger partial charge in [-0.1, -0.05) is 46.0 Å². The molecule has 4 rings (SSSR count). The zero-order valence-electron chi connectivity index (χ0n) is 21.9. The van der Waals surface area contributed by atoms with E-state index in [9.17, 15) is 9.59 Å². The van der Waals surface area contributed by atoms with Crippen molar-refractivity contribution in [3.8, 4) is 17.2 Å². The summed E-state index contributed by atoms with van der Waals surface area (Å²) in [5.41, 5.74) is 4.08. The first-order chi connectivity index (χ1) is 18.7. The molecule has 1 saturated heterocycles. The minimum Gasteiger partial charge on any atom is -0.497 e. The number of thioether (sulfide) groups is 1. The maximum Gasteiger partial charge on any atom is 0.270 e. The van der Waals surface area contributed by atoms with Crippen molar-refractivity contribution in [3.05, 3.63) is 80.7 Å². The molecule has 202 valence electrons. The van der Waals surface area contributed by atoms with E-state index in [1.54, 1.807) is 55.7 Å². The number of nitrogens with one attached hydrogen (secondary N) is 1. The van der Waals surface area contributed by atoms with Crippen molar-refractivity contribution in [3.63, 3.8) is 0 Å². The lowest BCUT2D eigenvalue weighted by atomic mass is 10.1.